The van der Waals surface area contributed by atoms with E-state index in [9.17, 15) is 14.7 Å². The van der Waals surface area contributed by atoms with Gasteiger partial charge in [-0.25, -0.2) is 4.79 Å². The number of carboxylic acid groups (broad SMARTS) is 1. The van der Waals surface area contributed by atoms with Crippen LogP contribution in [-0.4, -0.2) is 32.2 Å². The summed E-state index contributed by atoms with van der Waals surface area (Å²) in [6.07, 6.45) is 1.98. The number of aliphatic carboxylic acids is 1. The Hall–Kier alpha value is -2.35. The number of thioether (sulfide) groups is 1. The van der Waals surface area contributed by atoms with E-state index in [1.165, 1.54) is 4.90 Å². The van der Waals surface area contributed by atoms with Crippen LogP contribution >= 0.6 is 35.6 Å². The minimum Gasteiger partial charge on any atom is -0.489 e. The molecule has 0 bridgehead atoms. The van der Waals surface area contributed by atoms with Gasteiger partial charge in [0.1, 0.15) is 22.7 Å². The number of benzene rings is 2. The Morgan fingerprint density at radius 2 is 1.97 bits per heavy atom. The summed E-state index contributed by atoms with van der Waals surface area (Å²) in [5.41, 5.74) is 1.68. The van der Waals surface area contributed by atoms with Crippen molar-refractivity contribution in [3.8, 4) is 5.75 Å². The molecule has 5 nitrogen and oxygen atoms in total. The predicted molar refractivity (Wildman–Crippen MR) is 119 cm³/mol. The number of thiocarbonyl (C=S) groups is 1. The highest BCUT2D eigenvalue weighted by Crippen LogP contribution is 2.34. The van der Waals surface area contributed by atoms with Crippen molar-refractivity contribution in [3.63, 3.8) is 0 Å². The van der Waals surface area contributed by atoms with Gasteiger partial charge in [0.2, 0.25) is 0 Å². The van der Waals surface area contributed by atoms with Crippen LogP contribution in [-0.2, 0) is 16.2 Å². The van der Waals surface area contributed by atoms with Crippen LogP contribution in [0, 0.1) is 0 Å². The normalized spacial score (nSPS) is 16.3. The molecular formula is C21H18ClNO4S2. The fraction of sp³-hybridized carbons (Fsp3) is 0.190. The first-order valence-electron chi connectivity index (χ1n) is 8.87. The Balaban J connectivity index is 1.69. The maximum atomic E-state index is 12.6. The zero-order valence-corrected chi connectivity index (χ0v) is 17.9. The number of hydrogen-bond donors (Lipinski definition) is 1. The molecule has 0 radical (unpaired) electrons. The Bertz CT molecular complexity index is 975. The summed E-state index contributed by atoms with van der Waals surface area (Å²) in [7, 11) is 0. The second kappa shape index (κ2) is 9.43. The number of carbonyl (C=O) groups is 2. The minimum absolute atomic E-state index is 0.259. The Morgan fingerprint density at radius 3 is 2.59 bits per heavy atom. The van der Waals surface area contributed by atoms with Gasteiger partial charge in [0, 0.05) is 10.6 Å². The molecule has 1 saturated heterocycles. The molecule has 3 rings (SSSR count). The smallest absolute Gasteiger partial charge is 0.326 e. The Morgan fingerprint density at radius 1 is 1.28 bits per heavy atom. The number of ether oxygens (including phenoxy) is 1. The van der Waals surface area contributed by atoms with Crippen LogP contribution in [0.4, 0.5) is 0 Å². The van der Waals surface area contributed by atoms with Crippen LogP contribution in [0.3, 0.4) is 0 Å². The van der Waals surface area contributed by atoms with Crippen LogP contribution in [0.25, 0.3) is 6.08 Å². The average Bonchev–Trinajstić information content (AvgIpc) is 2.97. The van der Waals surface area contributed by atoms with Gasteiger partial charge in [-0.1, -0.05) is 72.8 Å². The van der Waals surface area contributed by atoms with E-state index in [1.807, 2.05) is 36.4 Å². The maximum Gasteiger partial charge on any atom is 0.326 e. The van der Waals surface area contributed by atoms with Gasteiger partial charge in [-0.2, -0.15) is 0 Å². The standard InChI is InChI=1S/C21H18ClNO4S2/c1-2-17(20(25)26)23-19(24)18(29-21(23)28)11-13-7-9-15(10-8-13)27-12-14-5-3-4-6-16(14)22/h3-11,17H,2,12H2,1H3,(H,25,26)/b18-11-/t17-/m1/s1. The van der Waals surface area contributed by atoms with Gasteiger partial charge < -0.3 is 9.84 Å². The summed E-state index contributed by atoms with van der Waals surface area (Å²) < 4.78 is 6.01. The number of nitrogens with zero attached hydrogens (tertiary/aromatic N) is 1. The van der Waals surface area contributed by atoms with Gasteiger partial charge >= 0.3 is 5.97 Å². The van der Waals surface area contributed by atoms with Crippen molar-refractivity contribution < 1.29 is 19.4 Å². The third kappa shape index (κ3) is 4.98. The van der Waals surface area contributed by atoms with Gasteiger partial charge in [0.05, 0.1) is 4.91 Å². The van der Waals surface area contributed by atoms with Crippen molar-refractivity contribution in [1.82, 2.24) is 4.90 Å². The molecule has 1 atom stereocenters. The lowest BCUT2D eigenvalue weighted by Crippen LogP contribution is -2.43. The second-order valence-corrected chi connectivity index (χ2v) is 8.35. The van der Waals surface area contributed by atoms with Gasteiger partial charge in [-0.05, 0) is 36.3 Å². The van der Waals surface area contributed by atoms with E-state index in [4.69, 9.17) is 28.6 Å². The molecule has 1 heterocycles. The van der Waals surface area contributed by atoms with Crippen molar-refractivity contribution in [2.24, 2.45) is 0 Å². The van der Waals surface area contributed by atoms with Gasteiger partial charge in [-0.3, -0.25) is 9.69 Å². The number of amides is 1. The third-order valence-electron chi connectivity index (χ3n) is 4.34. The van der Waals surface area contributed by atoms with Crippen LogP contribution in [0.1, 0.15) is 24.5 Å². The summed E-state index contributed by atoms with van der Waals surface area (Å²) in [4.78, 5) is 25.6. The van der Waals surface area contributed by atoms with Crippen molar-refractivity contribution in [1.29, 1.82) is 0 Å². The van der Waals surface area contributed by atoms with Crippen molar-refractivity contribution in [2.75, 3.05) is 0 Å². The molecular weight excluding hydrogens is 430 g/mol. The summed E-state index contributed by atoms with van der Waals surface area (Å²) in [6, 6.07) is 13.8. The van der Waals surface area contributed by atoms with E-state index >= 15 is 0 Å². The topological polar surface area (TPSA) is 66.8 Å². The second-order valence-electron chi connectivity index (χ2n) is 6.26. The lowest BCUT2D eigenvalue weighted by Gasteiger charge is -2.21. The lowest BCUT2D eigenvalue weighted by atomic mass is 10.1. The highest BCUT2D eigenvalue weighted by atomic mass is 35.5. The monoisotopic (exact) mass is 447 g/mol. The molecule has 1 amide bonds. The molecule has 1 N–H and O–H groups in total. The largest absolute Gasteiger partial charge is 0.489 e. The van der Waals surface area contributed by atoms with Gasteiger partial charge in [0.25, 0.3) is 5.91 Å². The first kappa shape index (κ1) is 21.4. The molecule has 2 aromatic rings. The first-order chi connectivity index (χ1) is 13.9. The molecule has 0 spiro atoms. The van der Waals surface area contributed by atoms with Crippen molar-refractivity contribution in [3.05, 3.63) is 69.6 Å². The minimum atomic E-state index is -1.06. The molecule has 2 aromatic carbocycles. The lowest BCUT2D eigenvalue weighted by molar-refractivity contribution is -0.145. The van der Waals surface area contributed by atoms with E-state index < -0.39 is 12.0 Å². The fourth-order valence-corrected chi connectivity index (χ4v) is 4.35. The number of rotatable bonds is 7. The van der Waals surface area contributed by atoms with Crippen LogP contribution in [0.15, 0.2) is 53.4 Å². The molecule has 0 unspecified atom stereocenters. The van der Waals surface area contributed by atoms with Crippen LogP contribution in [0.2, 0.25) is 5.02 Å². The highest BCUT2D eigenvalue weighted by molar-refractivity contribution is 8.26. The highest BCUT2D eigenvalue weighted by Gasteiger charge is 2.39. The van der Waals surface area contributed by atoms with Crippen LogP contribution < -0.4 is 4.74 Å². The summed E-state index contributed by atoms with van der Waals surface area (Å²) in [5.74, 6) is -0.773. The number of carboxylic acids is 1. The number of hydrogen-bond acceptors (Lipinski definition) is 5. The summed E-state index contributed by atoms with van der Waals surface area (Å²) in [6.45, 7) is 2.06. The molecule has 29 heavy (non-hydrogen) atoms. The Kier molecular flexibility index (Phi) is 6.95. The van der Waals surface area contributed by atoms with Gasteiger partial charge in [-0.15, -0.1) is 0 Å². The molecule has 1 aliphatic heterocycles. The van der Waals surface area contributed by atoms with Crippen molar-refractivity contribution in [2.45, 2.75) is 26.0 Å². The zero-order valence-electron chi connectivity index (χ0n) is 15.5. The maximum absolute atomic E-state index is 12.6. The van der Waals surface area contributed by atoms with E-state index in [2.05, 4.69) is 0 Å². The summed E-state index contributed by atoms with van der Waals surface area (Å²) >= 11 is 12.5. The fourth-order valence-electron chi connectivity index (χ4n) is 2.80. The molecule has 150 valence electrons. The first-order valence-corrected chi connectivity index (χ1v) is 10.5. The molecule has 8 heteroatoms. The summed E-state index contributed by atoms with van der Waals surface area (Å²) in [5, 5.41) is 9.97. The molecule has 0 aliphatic carbocycles. The molecule has 1 aliphatic rings. The van der Waals surface area contributed by atoms with Gasteiger partial charge in [0.15, 0.2) is 0 Å². The van der Waals surface area contributed by atoms with E-state index in [0.29, 0.717) is 22.3 Å². The van der Waals surface area contributed by atoms with E-state index in [-0.39, 0.29) is 16.6 Å². The molecule has 0 aromatic heterocycles. The quantitative estimate of drug-likeness (QED) is 0.476. The van der Waals surface area contributed by atoms with E-state index in [1.54, 1.807) is 25.1 Å². The van der Waals surface area contributed by atoms with E-state index in [0.717, 1.165) is 22.9 Å². The zero-order chi connectivity index (χ0) is 21.0. The predicted octanol–water partition coefficient (Wildman–Crippen LogP) is 4.98. The Labute approximate surface area is 183 Å². The molecule has 1 fully saturated rings. The number of carbonyl (C=O) groups excluding carboxylic acids is 1. The third-order valence-corrected chi connectivity index (χ3v) is 6.04. The number of halogens is 1. The van der Waals surface area contributed by atoms with Crippen LogP contribution in [0.5, 0.6) is 5.75 Å². The SMILES string of the molecule is CC[C@H](C(=O)O)N1C(=O)/C(=C/c2ccc(OCc3ccccc3Cl)cc2)SC1=S. The van der Waals surface area contributed by atoms with Crippen molar-refractivity contribution >= 4 is 57.9 Å². The molecule has 0 saturated carbocycles. The average molecular weight is 448 g/mol.